The minimum atomic E-state index is -4.43. The molecular weight excluding hydrogens is 445 g/mol. The van der Waals surface area contributed by atoms with Crippen LogP contribution in [0.2, 0.25) is 0 Å². The van der Waals surface area contributed by atoms with Gasteiger partial charge in [0.1, 0.15) is 6.04 Å². The molecule has 0 bridgehead atoms. The van der Waals surface area contributed by atoms with E-state index in [1.165, 1.54) is 6.07 Å². The van der Waals surface area contributed by atoms with Crippen LogP contribution in [0.4, 0.5) is 13.2 Å². The highest BCUT2D eigenvalue weighted by Gasteiger charge is 2.46. The van der Waals surface area contributed by atoms with Crippen LogP contribution in [0.1, 0.15) is 53.6 Å². The summed E-state index contributed by atoms with van der Waals surface area (Å²) in [5.41, 5.74) is 2.97. The van der Waals surface area contributed by atoms with Crippen molar-refractivity contribution >= 4 is 16.9 Å². The van der Waals surface area contributed by atoms with Crippen molar-refractivity contribution in [2.45, 2.75) is 51.5 Å². The molecule has 4 heterocycles. The second-order valence-electron chi connectivity index (χ2n) is 8.51. The number of aryl methyl sites for hydroxylation is 1. The van der Waals surface area contributed by atoms with E-state index in [9.17, 15) is 13.2 Å². The number of nitrogens with zero attached hydrogens (tertiary/aromatic N) is 4. The fourth-order valence-electron chi connectivity index (χ4n) is 5.05. The highest BCUT2D eigenvalue weighted by atomic mass is 32.2. The van der Waals surface area contributed by atoms with E-state index in [2.05, 4.69) is 16.8 Å². The van der Waals surface area contributed by atoms with Gasteiger partial charge in [0.25, 0.3) is 0 Å². The summed E-state index contributed by atoms with van der Waals surface area (Å²) in [5, 5.41) is 1.00. The summed E-state index contributed by atoms with van der Waals surface area (Å²) in [6.45, 7) is 5.95. The van der Waals surface area contributed by atoms with Gasteiger partial charge < -0.3 is 9.47 Å². The molecule has 0 saturated carbocycles. The molecule has 172 valence electrons. The first-order valence-electron chi connectivity index (χ1n) is 11.1. The molecule has 2 aliphatic rings. The molecule has 3 atom stereocenters. The average Bonchev–Trinajstić information content (AvgIpc) is 3.45. The van der Waals surface area contributed by atoms with Gasteiger partial charge in [-0.3, -0.25) is 9.98 Å². The Morgan fingerprint density at radius 1 is 1.09 bits per heavy atom. The predicted octanol–water partition coefficient (Wildman–Crippen LogP) is 6.49. The van der Waals surface area contributed by atoms with Gasteiger partial charge in [0.2, 0.25) is 0 Å². The second kappa shape index (κ2) is 8.24. The number of rotatable bonds is 4. The topological polar surface area (TPSA) is 33.4 Å². The lowest BCUT2D eigenvalue weighted by molar-refractivity contribution is -0.137. The zero-order chi connectivity index (χ0) is 23.3. The van der Waals surface area contributed by atoms with E-state index in [4.69, 9.17) is 4.99 Å². The van der Waals surface area contributed by atoms with Gasteiger partial charge in [0.15, 0.2) is 5.17 Å². The van der Waals surface area contributed by atoms with Crippen LogP contribution in [0, 0.1) is 13.8 Å². The number of aliphatic imine (C=N–C) groups is 1. The van der Waals surface area contributed by atoms with Crippen LogP contribution < -0.4 is 0 Å². The van der Waals surface area contributed by atoms with Gasteiger partial charge in [-0.05, 0) is 56.2 Å². The maximum atomic E-state index is 13.8. The Hall–Kier alpha value is -2.74. The molecule has 8 heteroatoms. The van der Waals surface area contributed by atoms with Crippen molar-refractivity contribution in [3.63, 3.8) is 0 Å². The number of hydrogen-bond acceptors (Lipinski definition) is 4. The van der Waals surface area contributed by atoms with Crippen LogP contribution >= 0.6 is 11.8 Å². The normalized spacial score (nSPS) is 22.5. The number of alkyl halides is 3. The van der Waals surface area contributed by atoms with E-state index in [1.54, 1.807) is 34.7 Å². The van der Waals surface area contributed by atoms with Crippen LogP contribution in [0.3, 0.4) is 0 Å². The van der Waals surface area contributed by atoms with Gasteiger partial charge in [-0.15, -0.1) is 0 Å². The largest absolute Gasteiger partial charge is 0.418 e. The van der Waals surface area contributed by atoms with E-state index in [1.807, 2.05) is 38.1 Å². The quantitative estimate of drug-likeness (QED) is 0.437. The van der Waals surface area contributed by atoms with E-state index < -0.39 is 11.7 Å². The molecule has 0 N–H and O–H groups in total. The van der Waals surface area contributed by atoms with Crippen LogP contribution in [-0.4, -0.2) is 31.4 Å². The molecule has 3 aromatic rings. The van der Waals surface area contributed by atoms with Crippen LogP contribution in [0.25, 0.3) is 5.69 Å². The van der Waals surface area contributed by atoms with Crippen molar-refractivity contribution in [3.8, 4) is 5.69 Å². The van der Waals surface area contributed by atoms with Gasteiger partial charge in [-0.1, -0.05) is 36.9 Å². The van der Waals surface area contributed by atoms with Gasteiger partial charge >= 0.3 is 6.18 Å². The van der Waals surface area contributed by atoms with E-state index in [0.717, 1.165) is 46.1 Å². The lowest BCUT2D eigenvalue weighted by Gasteiger charge is -2.32. The number of benzene rings is 1. The SMILES string of the molecule is CCC1CSC2=NC(c3ccccn3)C(c3cc(C)n(-c4ccccc4C(F)(F)F)c3C)N21. The van der Waals surface area contributed by atoms with Crippen molar-refractivity contribution in [1.29, 1.82) is 0 Å². The van der Waals surface area contributed by atoms with Crippen molar-refractivity contribution in [2.24, 2.45) is 4.99 Å². The third-order valence-corrected chi connectivity index (χ3v) is 7.69. The molecule has 33 heavy (non-hydrogen) atoms. The van der Waals surface area contributed by atoms with E-state index >= 15 is 0 Å². The number of halogens is 3. The van der Waals surface area contributed by atoms with E-state index in [-0.39, 0.29) is 17.8 Å². The Labute approximate surface area is 195 Å². The number of aromatic nitrogens is 2. The summed E-state index contributed by atoms with van der Waals surface area (Å²) in [5.74, 6) is 0.969. The molecule has 0 amide bonds. The molecule has 1 saturated heterocycles. The molecule has 3 unspecified atom stereocenters. The number of thioether (sulfide) groups is 1. The van der Waals surface area contributed by atoms with Gasteiger partial charge in [-0.25, -0.2) is 0 Å². The van der Waals surface area contributed by atoms with Crippen LogP contribution in [0.5, 0.6) is 0 Å². The second-order valence-corrected chi connectivity index (χ2v) is 9.50. The molecule has 2 aliphatic heterocycles. The molecule has 0 aliphatic carbocycles. The van der Waals surface area contributed by atoms with Crippen LogP contribution in [-0.2, 0) is 6.18 Å². The first-order chi connectivity index (χ1) is 15.8. The summed E-state index contributed by atoms with van der Waals surface area (Å²) in [4.78, 5) is 12.0. The molecular formula is C25H25F3N4S. The van der Waals surface area contributed by atoms with Crippen molar-refractivity contribution in [1.82, 2.24) is 14.5 Å². The first kappa shape index (κ1) is 22.1. The fourth-order valence-corrected chi connectivity index (χ4v) is 6.39. The number of para-hydroxylation sites is 1. The Balaban J connectivity index is 1.67. The summed E-state index contributed by atoms with van der Waals surface area (Å²) >= 11 is 1.75. The standard InChI is InChI=1S/C25H25F3N4S/c1-4-17-14-33-24-30-22(20-10-7-8-12-29-20)23(32(17)24)18-13-15(2)31(16(18)3)21-11-6-5-9-19(21)25(26,27)28/h5-13,17,22-23H,4,14H2,1-3H3. The smallest absolute Gasteiger partial charge is 0.338 e. The van der Waals surface area contributed by atoms with Crippen molar-refractivity contribution < 1.29 is 13.2 Å². The molecule has 0 radical (unpaired) electrons. The van der Waals surface area contributed by atoms with Crippen molar-refractivity contribution in [3.05, 3.63) is 82.9 Å². The highest BCUT2D eigenvalue weighted by molar-refractivity contribution is 8.14. The molecule has 1 aromatic carbocycles. The molecule has 0 spiro atoms. The lowest BCUT2D eigenvalue weighted by Crippen LogP contribution is -2.35. The summed E-state index contributed by atoms with van der Waals surface area (Å²) in [6, 6.07) is 13.6. The van der Waals surface area contributed by atoms with Gasteiger partial charge in [0, 0.05) is 29.4 Å². The summed E-state index contributed by atoms with van der Waals surface area (Å²) in [7, 11) is 0. The zero-order valence-corrected chi connectivity index (χ0v) is 19.5. The van der Waals surface area contributed by atoms with E-state index in [0.29, 0.717) is 6.04 Å². The minimum Gasteiger partial charge on any atom is -0.338 e. The Morgan fingerprint density at radius 3 is 2.55 bits per heavy atom. The minimum absolute atomic E-state index is 0.104. The number of amidine groups is 1. The number of pyridine rings is 1. The Morgan fingerprint density at radius 2 is 1.85 bits per heavy atom. The first-order valence-corrected chi connectivity index (χ1v) is 12.0. The zero-order valence-electron chi connectivity index (χ0n) is 18.7. The fraction of sp³-hybridized carbons (Fsp3) is 0.360. The van der Waals surface area contributed by atoms with Gasteiger partial charge in [0.05, 0.1) is 23.0 Å². The third-order valence-electron chi connectivity index (χ3n) is 6.57. The monoisotopic (exact) mass is 470 g/mol. The summed E-state index contributed by atoms with van der Waals surface area (Å²) < 4.78 is 43.2. The molecule has 1 fully saturated rings. The Kier molecular flexibility index (Phi) is 5.51. The maximum absolute atomic E-state index is 13.8. The third kappa shape index (κ3) is 3.64. The Bertz CT molecular complexity index is 1200. The molecule has 5 rings (SSSR count). The van der Waals surface area contributed by atoms with Crippen molar-refractivity contribution in [2.75, 3.05) is 5.75 Å². The predicted molar refractivity (Wildman–Crippen MR) is 126 cm³/mol. The van der Waals surface area contributed by atoms with Crippen LogP contribution in [0.15, 0.2) is 59.7 Å². The lowest BCUT2D eigenvalue weighted by atomic mass is 9.95. The molecule has 2 aromatic heterocycles. The number of fused-ring (bicyclic) bond motifs is 1. The average molecular weight is 471 g/mol. The highest BCUT2D eigenvalue weighted by Crippen LogP contribution is 2.50. The molecule has 4 nitrogen and oxygen atoms in total. The number of hydrogen-bond donors (Lipinski definition) is 0. The maximum Gasteiger partial charge on any atom is 0.418 e. The summed E-state index contributed by atoms with van der Waals surface area (Å²) in [6.07, 6.45) is -1.69. The van der Waals surface area contributed by atoms with Gasteiger partial charge in [-0.2, -0.15) is 13.2 Å².